The number of fused-ring (bicyclic) bond motifs is 1. The molecule has 6 rings (SSSR count). The number of aromatic amines is 2. The molecule has 37 heavy (non-hydrogen) atoms. The van der Waals surface area contributed by atoms with Gasteiger partial charge < -0.3 is 20.0 Å². The molecule has 0 radical (unpaired) electrons. The van der Waals surface area contributed by atoms with Crippen molar-refractivity contribution in [2.24, 2.45) is 0 Å². The van der Waals surface area contributed by atoms with Crippen LogP contribution in [-0.2, 0) is 4.74 Å². The van der Waals surface area contributed by atoms with Gasteiger partial charge >= 0.3 is 6.09 Å². The lowest BCUT2D eigenvalue weighted by atomic mass is 10.0. The first-order chi connectivity index (χ1) is 17.8. The van der Waals surface area contributed by atoms with E-state index >= 15 is 0 Å². The number of amides is 1. The fraction of sp³-hybridized carbons (Fsp3) is 0.414. The molecule has 2 fully saturated rings. The lowest BCUT2D eigenvalue weighted by Gasteiger charge is -2.27. The van der Waals surface area contributed by atoms with E-state index in [0.717, 1.165) is 65.4 Å². The quantitative estimate of drug-likeness (QED) is 0.315. The molecule has 8 heteroatoms. The van der Waals surface area contributed by atoms with Crippen molar-refractivity contribution < 1.29 is 9.53 Å². The van der Waals surface area contributed by atoms with Gasteiger partial charge in [0.15, 0.2) is 0 Å². The lowest BCUT2D eigenvalue weighted by Crippen LogP contribution is -2.36. The Morgan fingerprint density at radius 1 is 0.919 bits per heavy atom. The highest BCUT2D eigenvalue weighted by Crippen LogP contribution is 2.34. The number of hydrogen-bond acceptors (Lipinski definition) is 5. The van der Waals surface area contributed by atoms with Gasteiger partial charge in [-0.1, -0.05) is 24.3 Å². The van der Waals surface area contributed by atoms with E-state index in [-0.39, 0.29) is 12.1 Å². The molecule has 4 heterocycles. The Bertz CT molecular complexity index is 1430. The Kier molecular flexibility index (Phi) is 5.99. The third-order valence-electron chi connectivity index (χ3n) is 7.24. The molecule has 2 aliphatic heterocycles. The summed E-state index contributed by atoms with van der Waals surface area (Å²) in [5, 5.41) is 5.83. The molecule has 4 aromatic rings. The van der Waals surface area contributed by atoms with E-state index < -0.39 is 5.60 Å². The van der Waals surface area contributed by atoms with Gasteiger partial charge in [0.2, 0.25) is 0 Å². The molecule has 0 bridgehead atoms. The number of imidazole rings is 2. The standard InChI is InChI=1S/C29H34N6O2/c1-29(2,3)37-28(36)35-13-5-7-25(35)27-32-17-24(34-27)21-11-9-18-14-20(10-8-19(18)15-21)23-16-31-26(33-23)22-6-4-12-30-22/h8-11,14-17,22,25,30H,4-7,12-13H2,1-3H3,(H,31,33)(H,32,34)/t22-,25-/m0/s1. The van der Waals surface area contributed by atoms with Crippen LogP contribution in [0.5, 0.6) is 0 Å². The van der Waals surface area contributed by atoms with E-state index in [1.54, 1.807) is 4.90 Å². The van der Waals surface area contributed by atoms with E-state index in [2.05, 4.69) is 61.7 Å². The summed E-state index contributed by atoms with van der Waals surface area (Å²) in [4.78, 5) is 30.7. The average molecular weight is 499 g/mol. The maximum Gasteiger partial charge on any atom is 0.410 e. The summed E-state index contributed by atoms with van der Waals surface area (Å²) in [7, 11) is 0. The van der Waals surface area contributed by atoms with Crippen molar-refractivity contribution in [1.82, 2.24) is 30.2 Å². The van der Waals surface area contributed by atoms with E-state index in [4.69, 9.17) is 4.74 Å². The molecule has 2 atom stereocenters. The first-order valence-corrected chi connectivity index (χ1v) is 13.2. The Morgan fingerprint density at radius 2 is 1.57 bits per heavy atom. The van der Waals surface area contributed by atoms with Crippen LogP contribution in [0.25, 0.3) is 33.3 Å². The highest BCUT2D eigenvalue weighted by molar-refractivity contribution is 5.90. The average Bonchev–Trinajstić information content (AvgIpc) is 3.68. The van der Waals surface area contributed by atoms with Crippen molar-refractivity contribution in [3.05, 3.63) is 60.4 Å². The van der Waals surface area contributed by atoms with E-state index in [1.165, 1.54) is 11.8 Å². The van der Waals surface area contributed by atoms with Crippen LogP contribution in [0, 0.1) is 0 Å². The van der Waals surface area contributed by atoms with Crippen molar-refractivity contribution >= 4 is 16.9 Å². The van der Waals surface area contributed by atoms with Gasteiger partial charge in [0.05, 0.1) is 35.9 Å². The van der Waals surface area contributed by atoms with Crippen LogP contribution in [0.1, 0.15) is 70.2 Å². The minimum absolute atomic E-state index is 0.0923. The van der Waals surface area contributed by atoms with Gasteiger partial charge in [0.1, 0.15) is 17.2 Å². The van der Waals surface area contributed by atoms with Crippen LogP contribution >= 0.6 is 0 Å². The van der Waals surface area contributed by atoms with Crippen LogP contribution in [0.15, 0.2) is 48.8 Å². The molecular formula is C29H34N6O2. The summed E-state index contributed by atoms with van der Waals surface area (Å²) in [5.74, 6) is 1.83. The molecule has 2 saturated heterocycles. The largest absolute Gasteiger partial charge is 0.444 e. The summed E-state index contributed by atoms with van der Waals surface area (Å²) < 4.78 is 5.62. The molecule has 192 valence electrons. The molecule has 3 N–H and O–H groups in total. The zero-order chi connectivity index (χ0) is 25.6. The summed E-state index contributed by atoms with van der Waals surface area (Å²) in [6, 6.07) is 13.2. The Hall–Kier alpha value is -3.65. The van der Waals surface area contributed by atoms with Gasteiger partial charge in [-0.15, -0.1) is 0 Å². The van der Waals surface area contributed by atoms with Gasteiger partial charge in [-0.05, 0) is 75.9 Å². The number of H-pyrrole nitrogens is 2. The van der Waals surface area contributed by atoms with Crippen molar-refractivity contribution in [1.29, 1.82) is 0 Å². The van der Waals surface area contributed by atoms with Gasteiger partial charge in [-0.3, -0.25) is 4.90 Å². The number of benzene rings is 2. The summed E-state index contributed by atoms with van der Waals surface area (Å²) in [5.41, 5.74) is 3.66. The fourth-order valence-electron chi connectivity index (χ4n) is 5.40. The first-order valence-electron chi connectivity index (χ1n) is 13.2. The van der Waals surface area contributed by atoms with Gasteiger partial charge in [-0.25, -0.2) is 14.8 Å². The zero-order valence-electron chi connectivity index (χ0n) is 21.7. The number of carbonyl (C=O) groups is 1. The third-order valence-corrected chi connectivity index (χ3v) is 7.24. The highest BCUT2D eigenvalue weighted by Gasteiger charge is 2.34. The molecule has 8 nitrogen and oxygen atoms in total. The normalized spacial score (nSPS) is 20.1. The second kappa shape index (κ2) is 9.34. The van der Waals surface area contributed by atoms with Crippen molar-refractivity contribution in [3.8, 4) is 22.5 Å². The van der Waals surface area contributed by atoms with Gasteiger partial charge in [-0.2, -0.15) is 0 Å². The molecule has 0 unspecified atom stereocenters. The Balaban J connectivity index is 1.21. The summed E-state index contributed by atoms with van der Waals surface area (Å²) in [6.45, 7) is 7.42. The smallest absolute Gasteiger partial charge is 0.410 e. The fourth-order valence-corrected chi connectivity index (χ4v) is 5.40. The van der Waals surface area contributed by atoms with Crippen LogP contribution in [0.2, 0.25) is 0 Å². The third kappa shape index (κ3) is 4.85. The van der Waals surface area contributed by atoms with Crippen LogP contribution in [0.3, 0.4) is 0 Å². The van der Waals surface area contributed by atoms with Gasteiger partial charge in [0, 0.05) is 17.7 Å². The number of rotatable bonds is 4. The van der Waals surface area contributed by atoms with Crippen LogP contribution < -0.4 is 5.32 Å². The molecule has 2 aromatic carbocycles. The van der Waals surface area contributed by atoms with E-state index in [9.17, 15) is 4.79 Å². The number of carbonyl (C=O) groups excluding carboxylic acids is 1. The monoisotopic (exact) mass is 498 g/mol. The molecule has 0 aliphatic carbocycles. The minimum atomic E-state index is -0.518. The number of hydrogen-bond donors (Lipinski definition) is 3. The topological polar surface area (TPSA) is 98.9 Å². The summed E-state index contributed by atoms with van der Waals surface area (Å²) >= 11 is 0. The van der Waals surface area contributed by atoms with Crippen molar-refractivity contribution in [2.45, 2.75) is 64.1 Å². The lowest BCUT2D eigenvalue weighted by molar-refractivity contribution is 0.0218. The molecule has 2 aliphatic rings. The van der Waals surface area contributed by atoms with Crippen LogP contribution in [-0.4, -0.2) is 49.6 Å². The number of nitrogens with one attached hydrogen (secondary N) is 3. The second-order valence-corrected chi connectivity index (χ2v) is 11.1. The number of likely N-dealkylation sites (tertiary alicyclic amines) is 1. The highest BCUT2D eigenvalue weighted by atomic mass is 16.6. The molecule has 1 amide bonds. The maximum atomic E-state index is 12.7. The summed E-state index contributed by atoms with van der Waals surface area (Å²) in [6.07, 6.45) is 7.65. The second-order valence-electron chi connectivity index (χ2n) is 11.1. The van der Waals surface area contributed by atoms with E-state index in [1.807, 2.05) is 33.2 Å². The molecule has 0 spiro atoms. The Labute approximate surface area is 216 Å². The predicted octanol–water partition coefficient (Wildman–Crippen LogP) is 6.12. The first kappa shape index (κ1) is 23.7. The predicted molar refractivity (Wildman–Crippen MR) is 144 cm³/mol. The number of aromatic nitrogens is 4. The van der Waals surface area contributed by atoms with Crippen molar-refractivity contribution in [2.75, 3.05) is 13.1 Å². The molecular weight excluding hydrogens is 464 g/mol. The number of ether oxygens (including phenoxy) is 1. The maximum absolute atomic E-state index is 12.7. The molecule has 2 aromatic heterocycles. The van der Waals surface area contributed by atoms with Gasteiger partial charge in [0.25, 0.3) is 0 Å². The van der Waals surface area contributed by atoms with Crippen molar-refractivity contribution in [3.63, 3.8) is 0 Å². The number of nitrogens with zero attached hydrogens (tertiary/aromatic N) is 3. The SMILES string of the molecule is CC(C)(C)OC(=O)N1CCC[C@H]1c1ncc(-c2ccc3cc(-c4cnc([C@@H]5CCCN5)[nH]4)ccc3c2)[nH]1. The van der Waals surface area contributed by atoms with E-state index in [0.29, 0.717) is 12.6 Å². The Morgan fingerprint density at radius 3 is 2.19 bits per heavy atom. The zero-order valence-corrected chi connectivity index (χ0v) is 21.7. The minimum Gasteiger partial charge on any atom is -0.444 e. The molecule has 0 saturated carbocycles. The van der Waals surface area contributed by atoms with Crippen LogP contribution in [0.4, 0.5) is 4.79 Å².